The lowest BCUT2D eigenvalue weighted by molar-refractivity contribution is -0.122. The third-order valence-corrected chi connectivity index (χ3v) is 4.44. The predicted molar refractivity (Wildman–Crippen MR) is 102 cm³/mol. The van der Waals surface area contributed by atoms with Crippen molar-refractivity contribution in [2.75, 3.05) is 18.1 Å². The summed E-state index contributed by atoms with van der Waals surface area (Å²) in [5.74, 6) is -0.245. The molecule has 2 aliphatic heterocycles. The summed E-state index contributed by atoms with van der Waals surface area (Å²) in [6.07, 6.45) is 1.44. The van der Waals surface area contributed by atoms with E-state index in [4.69, 9.17) is 9.47 Å². The summed E-state index contributed by atoms with van der Waals surface area (Å²) in [7, 11) is 0. The SMILES string of the molecule is Cc1cc(C)cc(N2C(=O)NC(=O)/C(=C\c3ccc4c(c3)OCCO4)C2=O)c1. The van der Waals surface area contributed by atoms with Crippen molar-refractivity contribution in [2.45, 2.75) is 13.8 Å². The molecule has 0 saturated carbocycles. The second-order valence-corrected chi connectivity index (χ2v) is 6.71. The molecule has 0 spiro atoms. The van der Waals surface area contributed by atoms with Gasteiger partial charge < -0.3 is 9.47 Å². The fraction of sp³-hybridized carbons (Fsp3) is 0.190. The first-order valence-electron chi connectivity index (χ1n) is 8.82. The van der Waals surface area contributed by atoms with Crippen LogP contribution in [0.3, 0.4) is 0 Å². The highest BCUT2D eigenvalue weighted by Crippen LogP contribution is 2.32. The number of imide groups is 2. The van der Waals surface area contributed by atoms with E-state index >= 15 is 0 Å². The number of carbonyl (C=O) groups excluding carboxylic acids is 3. The predicted octanol–water partition coefficient (Wildman–Crippen LogP) is 2.74. The number of hydrogen-bond donors (Lipinski definition) is 1. The second kappa shape index (κ2) is 6.84. The lowest BCUT2D eigenvalue weighted by Gasteiger charge is -2.27. The average molecular weight is 378 g/mol. The van der Waals surface area contributed by atoms with E-state index in [2.05, 4.69) is 5.32 Å². The minimum Gasteiger partial charge on any atom is -0.486 e. The average Bonchev–Trinajstić information content (AvgIpc) is 2.64. The summed E-state index contributed by atoms with van der Waals surface area (Å²) in [4.78, 5) is 38.6. The number of rotatable bonds is 2. The van der Waals surface area contributed by atoms with Crippen LogP contribution in [0.5, 0.6) is 11.5 Å². The van der Waals surface area contributed by atoms with Crippen molar-refractivity contribution in [3.8, 4) is 11.5 Å². The van der Waals surface area contributed by atoms with Gasteiger partial charge in [-0.3, -0.25) is 14.9 Å². The number of nitrogens with zero attached hydrogens (tertiary/aromatic N) is 1. The highest BCUT2D eigenvalue weighted by molar-refractivity contribution is 6.39. The van der Waals surface area contributed by atoms with Gasteiger partial charge in [-0.25, -0.2) is 9.69 Å². The van der Waals surface area contributed by atoms with Crippen LogP contribution in [0.4, 0.5) is 10.5 Å². The maximum Gasteiger partial charge on any atom is 0.335 e. The largest absolute Gasteiger partial charge is 0.486 e. The number of anilines is 1. The molecule has 1 saturated heterocycles. The van der Waals surface area contributed by atoms with Gasteiger partial charge >= 0.3 is 6.03 Å². The molecule has 28 heavy (non-hydrogen) atoms. The monoisotopic (exact) mass is 378 g/mol. The third-order valence-electron chi connectivity index (χ3n) is 4.44. The minimum atomic E-state index is -0.765. The van der Waals surface area contributed by atoms with Gasteiger partial charge in [0.05, 0.1) is 5.69 Å². The Kier molecular flexibility index (Phi) is 4.35. The van der Waals surface area contributed by atoms with E-state index in [9.17, 15) is 14.4 Å². The molecule has 2 aromatic rings. The highest BCUT2D eigenvalue weighted by atomic mass is 16.6. The van der Waals surface area contributed by atoms with Crippen LogP contribution in [0, 0.1) is 13.8 Å². The number of aryl methyl sites for hydroxylation is 2. The number of ether oxygens (including phenoxy) is 2. The van der Waals surface area contributed by atoms with E-state index in [0.29, 0.717) is 36.0 Å². The number of nitrogens with one attached hydrogen (secondary N) is 1. The molecule has 0 aromatic heterocycles. The van der Waals surface area contributed by atoms with E-state index in [0.717, 1.165) is 16.0 Å². The number of amides is 4. The highest BCUT2D eigenvalue weighted by Gasteiger charge is 2.37. The summed E-state index contributed by atoms with van der Waals surface area (Å²) < 4.78 is 11.0. The zero-order valence-corrected chi connectivity index (χ0v) is 15.4. The van der Waals surface area contributed by atoms with E-state index in [1.54, 1.807) is 30.3 Å². The Bertz CT molecular complexity index is 1020. The van der Waals surface area contributed by atoms with Crippen LogP contribution in [0.1, 0.15) is 16.7 Å². The van der Waals surface area contributed by atoms with Gasteiger partial charge in [-0.2, -0.15) is 0 Å². The van der Waals surface area contributed by atoms with Gasteiger partial charge in [0.2, 0.25) is 0 Å². The van der Waals surface area contributed by atoms with E-state index in [1.165, 1.54) is 6.08 Å². The molecule has 4 rings (SSSR count). The van der Waals surface area contributed by atoms with E-state index in [-0.39, 0.29) is 5.57 Å². The zero-order chi connectivity index (χ0) is 19.8. The molecule has 0 aliphatic carbocycles. The molecular formula is C21H18N2O5. The first-order valence-corrected chi connectivity index (χ1v) is 8.82. The molecule has 2 heterocycles. The van der Waals surface area contributed by atoms with Gasteiger partial charge in [-0.05, 0) is 60.9 Å². The van der Waals surface area contributed by atoms with Crippen molar-refractivity contribution in [3.63, 3.8) is 0 Å². The van der Waals surface area contributed by atoms with E-state index < -0.39 is 17.8 Å². The molecular weight excluding hydrogens is 360 g/mol. The summed E-state index contributed by atoms with van der Waals surface area (Å²) in [6.45, 7) is 4.66. The summed E-state index contributed by atoms with van der Waals surface area (Å²) in [5.41, 5.74) is 2.70. The van der Waals surface area contributed by atoms with E-state index in [1.807, 2.05) is 19.9 Å². The zero-order valence-electron chi connectivity index (χ0n) is 15.4. The maximum atomic E-state index is 13.0. The van der Waals surface area contributed by atoms with Crippen molar-refractivity contribution < 1.29 is 23.9 Å². The van der Waals surface area contributed by atoms with Crippen LogP contribution >= 0.6 is 0 Å². The molecule has 142 valence electrons. The molecule has 0 atom stereocenters. The Morgan fingerprint density at radius 3 is 2.32 bits per heavy atom. The smallest absolute Gasteiger partial charge is 0.335 e. The maximum absolute atomic E-state index is 13.0. The fourth-order valence-electron chi connectivity index (χ4n) is 3.29. The van der Waals surface area contributed by atoms with Crippen LogP contribution in [0.2, 0.25) is 0 Å². The van der Waals surface area contributed by atoms with Crippen molar-refractivity contribution >= 4 is 29.6 Å². The molecule has 2 aromatic carbocycles. The van der Waals surface area contributed by atoms with Crippen LogP contribution in [-0.2, 0) is 9.59 Å². The second-order valence-electron chi connectivity index (χ2n) is 6.71. The summed E-state index contributed by atoms with van der Waals surface area (Å²) in [6, 6.07) is 9.76. The molecule has 4 amide bonds. The van der Waals surface area contributed by atoms with Gasteiger partial charge in [0.25, 0.3) is 11.8 Å². The quantitative estimate of drug-likeness (QED) is 0.642. The number of hydrogen-bond acceptors (Lipinski definition) is 5. The third kappa shape index (κ3) is 3.22. The number of fused-ring (bicyclic) bond motifs is 1. The van der Waals surface area contributed by atoms with Crippen LogP contribution in [-0.4, -0.2) is 31.1 Å². The number of barbiturate groups is 1. The van der Waals surface area contributed by atoms with Crippen LogP contribution in [0.15, 0.2) is 42.0 Å². The van der Waals surface area contributed by atoms with Crippen LogP contribution < -0.4 is 19.7 Å². The molecule has 7 nitrogen and oxygen atoms in total. The Morgan fingerprint density at radius 2 is 1.61 bits per heavy atom. The Hall–Kier alpha value is -3.61. The Morgan fingerprint density at radius 1 is 0.929 bits per heavy atom. The van der Waals surface area contributed by atoms with Gasteiger partial charge in [0.1, 0.15) is 18.8 Å². The Labute approximate surface area is 161 Å². The molecule has 7 heteroatoms. The first-order chi connectivity index (χ1) is 13.4. The first kappa shape index (κ1) is 17.8. The summed E-state index contributed by atoms with van der Waals surface area (Å²) in [5, 5.41) is 2.23. The topological polar surface area (TPSA) is 84.9 Å². The lowest BCUT2D eigenvalue weighted by atomic mass is 10.0. The standard InChI is InChI=1S/C21H18N2O5/c1-12-7-13(2)9-15(8-12)23-20(25)16(19(24)22-21(23)26)10-14-3-4-17-18(11-14)28-6-5-27-17/h3-4,7-11H,5-6H2,1-2H3,(H,22,24,26)/b16-10+. The van der Waals surface area contributed by atoms with Crippen molar-refractivity contribution in [2.24, 2.45) is 0 Å². The molecule has 0 bridgehead atoms. The number of urea groups is 1. The number of benzene rings is 2. The van der Waals surface area contributed by atoms with Gasteiger partial charge in [-0.15, -0.1) is 0 Å². The molecule has 2 aliphatic rings. The van der Waals surface area contributed by atoms with Crippen LogP contribution in [0.25, 0.3) is 6.08 Å². The van der Waals surface area contributed by atoms with Crippen molar-refractivity contribution in [1.29, 1.82) is 0 Å². The normalized spacial score (nSPS) is 17.7. The molecule has 0 unspecified atom stereocenters. The summed E-state index contributed by atoms with van der Waals surface area (Å²) >= 11 is 0. The van der Waals surface area contributed by atoms with Crippen molar-refractivity contribution in [3.05, 3.63) is 58.7 Å². The lowest BCUT2D eigenvalue weighted by Crippen LogP contribution is -2.54. The van der Waals surface area contributed by atoms with Gasteiger partial charge in [0.15, 0.2) is 11.5 Å². The van der Waals surface area contributed by atoms with Gasteiger partial charge in [-0.1, -0.05) is 12.1 Å². The van der Waals surface area contributed by atoms with Crippen molar-refractivity contribution in [1.82, 2.24) is 5.32 Å². The molecule has 1 N–H and O–H groups in total. The molecule has 1 fully saturated rings. The Balaban J connectivity index is 1.72. The van der Waals surface area contributed by atoms with Gasteiger partial charge in [0, 0.05) is 0 Å². The fourth-order valence-corrected chi connectivity index (χ4v) is 3.29. The molecule has 0 radical (unpaired) electrons. The number of carbonyl (C=O) groups is 3. The minimum absolute atomic E-state index is 0.129.